The van der Waals surface area contributed by atoms with Gasteiger partial charge in [-0.3, -0.25) is 4.79 Å². The summed E-state index contributed by atoms with van der Waals surface area (Å²) in [4.78, 5) is 19.7. The van der Waals surface area contributed by atoms with Gasteiger partial charge in [0, 0.05) is 24.7 Å². The van der Waals surface area contributed by atoms with Gasteiger partial charge in [0.25, 0.3) is 5.91 Å². The zero-order chi connectivity index (χ0) is 17.2. The molecular weight excluding hydrogens is 330 g/mol. The maximum absolute atomic E-state index is 12.6. The third kappa shape index (κ3) is 3.81. The molecule has 2 aromatic rings. The van der Waals surface area contributed by atoms with E-state index in [1.54, 1.807) is 11.3 Å². The number of hydrogen-bond donors (Lipinski definition) is 1. The zero-order valence-electron chi connectivity index (χ0n) is 15.0. The minimum atomic E-state index is 0.0653. The van der Waals surface area contributed by atoms with Gasteiger partial charge in [-0.15, -0.1) is 0 Å². The van der Waals surface area contributed by atoms with Gasteiger partial charge >= 0.3 is 0 Å². The van der Waals surface area contributed by atoms with Crippen LogP contribution in [0.4, 0.5) is 5.13 Å². The number of carbonyl (C=O) groups excluding carboxylic acids is 1. The average molecular weight is 358 g/mol. The molecule has 0 atom stereocenters. The van der Waals surface area contributed by atoms with Gasteiger partial charge in [0.2, 0.25) is 0 Å². The molecule has 2 heterocycles. The van der Waals surface area contributed by atoms with Crippen molar-refractivity contribution in [1.29, 1.82) is 0 Å². The average Bonchev–Trinajstić information content (AvgIpc) is 3.06. The van der Waals surface area contributed by atoms with Crippen molar-refractivity contribution >= 4 is 32.6 Å². The van der Waals surface area contributed by atoms with Gasteiger partial charge in [-0.25, -0.2) is 4.98 Å². The number of carbonyl (C=O) groups is 1. The highest BCUT2D eigenvalue weighted by Gasteiger charge is 2.20. The Labute approximate surface area is 153 Å². The Morgan fingerprint density at radius 3 is 2.68 bits per heavy atom. The minimum absolute atomic E-state index is 0.0653. The number of fused-ring (bicyclic) bond motifs is 1. The van der Waals surface area contributed by atoms with E-state index < -0.39 is 0 Å². The first kappa shape index (κ1) is 16.8. The van der Waals surface area contributed by atoms with Crippen molar-refractivity contribution in [3.05, 3.63) is 23.8 Å². The number of rotatable bonds is 3. The van der Waals surface area contributed by atoms with Crippen LogP contribution in [0.3, 0.4) is 0 Å². The van der Waals surface area contributed by atoms with E-state index in [0.29, 0.717) is 6.04 Å². The standard InChI is InChI=1S/C20H27N3OS/c1-14-9-11-23(12-10-14)20-22-17-8-7-15(13-18(17)25-20)19(24)21-16-5-3-2-4-6-16/h7-8,13-14,16H,2-6,9-12H2,1H3,(H,21,24). The predicted molar refractivity (Wildman–Crippen MR) is 105 cm³/mol. The van der Waals surface area contributed by atoms with Crippen LogP contribution in [-0.4, -0.2) is 30.0 Å². The molecule has 4 nitrogen and oxygen atoms in total. The number of anilines is 1. The highest BCUT2D eigenvalue weighted by molar-refractivity contribution is 7.22. The van der Waals surface area contributed by atoms with Crippen molar-refractivity contribution in [2.45, 2.75) is 57.9 Å². The first-order valence-electron chi connectivity index (χ1n) is 9.65. The Morgan fingerprint density at radius 1 is 1.16 bits per heavy atom. The summed E-state index contributed by atoms with van der Waals surface area (Å²) in [7, 11) is 0. The molecule has 1 aliphatic heterocycles. The third-order valence-corrected chi connectivity index (χ3v) is 6.71. The highest BCUT2D eigenvalue weighted by Crippen LogP contribution is 2.32. The van der Waals surface area contributed by atoms with E-state index in [0.717, 1.165) is 52.8 Å². The summed E-state index contributed by atoms with van der Waals surface area (Å²) in [5.41, 5.74) is 1.77. The molecule has 4 rings (SSSR count). The fourth-order valence-corrected chi connectivity index (χ4v) is 4.96. The van der Waals surface area contributed by atoms with E-state index in [4.69, 9.17) is 4.98 Å². The second-order valence-electron chi connectivity index (χ2n) is 7.66. The molecular formula is C20H27N3OS. The fourth-order valence-electron chi connectivity index (χ4n) is 3.90. The number of nitrogens with one attached hydrogen (secondary N) is 1. The van der Waals surface area contributed by atoms with Crippen molar-refractivity contribution in [2.24, 2.45) is 5.92 Å². The normalized spacial score (nSPS) is 20.1. The van der Waals surface area contributed by atoms with Gasteiger partial charge in [-0.1, -0.05) is 37.5 Å². The molecule has 1 aliphatic carbocycles. The maximum atomic E-state index is 12.6. The number of nitrogens with zero attached hydrogens (tertiary/aromatic N) is 2. The quantitative estimate of drug-likeness (QED) is 0.873. The van der Waals surface area contributed by atoms with Crippen LogP contribution in [0.2, 0.25) is 0 Å². The number of benzene rings is 1. The predicted octanol–water partition coefficient (Wildman–Crippen LogP) is 4.60. The van der Waals surface area contributed by atoms with Crippen LogP contribution in [0, 0.1) is 5.92 Å². The number of amides is 1. The summed E-state index contributed by atoms with van der Waals surface area (Å²) in [5, 5.41) is 4.31. The molecule has 0 spiro atoms. The van der Waals surface area contributed by atoms with Crippen molar-refractivity contribution in [2.75, 3.05) is 18.0 Å². The Balaban J connectivity index is 1.48. The highest BCUT2D eigenvalue weighted by atomic mass is 32.1. The molecule has 0 unspecified atom stereocenters. The molecule has 1 amide bonds. The third-order valence-electron chi connectivity index (χ3n) is 5.63. The van der Waals surface area contributed by atoms with Crippen molar-refractivity contribution in [3.8, 4) is 0 Å². The Hall–Kier alpha value is -1.62. The van der Waals surface area contributed by atoms with Crippen LogP contribution in [0.1, 0.15) is 62.2 Å². The smallest absolute Gasteiger partial charge is 0.251 e. The maximum Gasteiger partial charge on any atom is 0.251 e. The van der Waals surface area contributed by atoms with E-state index in [2.05, 4.69) is 17.1 Å². The van der Waals surface area contributed by atoms with Crippen LogP contribution in [0.5, 0.6) is 0 Å². The van der Waals surface area contributed by atoms with Crippen molar-refractivity contribution in [1.82, 2.24) is 10.3 Å². The van der Waals surface area contributed by atoms with Gasteiger partial charge in [0.15, 0.2) is 5.13 Å². The Kier molecular flexibility index (Phi) is 4.93. The molecule has 0 bridgehead atoms. The van der Waals surface area contributed by atoms with Crippen LogP contribution >= 0.6 is 11.3 Å². The first-order chi connectivity index (χ1) is 12.2. The molecule has 1 aromatic heterocycles. The van der Waals surface area contributed by atoms with Crippen LogP contribution in [0.15, 0.2) is 18.2 Å². The molecule has 2 fully saturated rings. The lowest BCUT2D eigenvalue weighted by atomic mass is 9.95. The van der Waals surface area contributed by atoms with Crippen LogP contribution in [-0.2, 0) is 0 Å². The Morgan fingerprint density at radius 2 is 1.92 bits per heavy atom. The number of piperidine rings is 1. The molecule has 5 heteroatoms. The zero-order valence-corrected chi connectivity index (χ0v) is 15.8. The van der Waals surface area contributed by atoms with Gasteiger partial charge in [0.1, 0.15) is 0 Å². The molecule has 2 aliphatic rings. The lowest BCUT2D eigenvalue weighted by Crippen LogP contribution is -2.36. The van der Waals surface area contributed by atoms with Crippen LogP contribution < -0.4 is 10.2 Å². The molecule has 0 radical (unpaired) electrons. The largest absolute Gasteiger partial charge is 0.349 e. The van der Waals surface area contributed by atoms with E-state index in [-0.39, 0.29) is 5.91 Å². The summed E-state index contributed by atoms with van der Waals surface area (Å²) in [5.74, 6) is 0.885. The molecule has 1 saturated heterocycles. The van der Waals surface area contributed by atoms with Gasteiger partial charge < -0.3 is 10.2 Å². The fraction of sp³-hybridized carbons (Fsp3) is 0.600. The molecule has 134 valence electrons. The lowest BCUT2D eigenvalue weighted by molar-refractivity contribution is 0.0928. The Bertz CT molecular complexity index is 742. The number of aromatic nitrogens is 1. The van der Waals surface area contributed by atoms with Gasteiger partial charge in [-0.05, 0) is 49.8 Å². The second-order valence-corrected chi connectivity index (χ2v) is 8.67. The van der Waals surface area contributed by atoms with E-state index in [1.807, 2.05) is 18.2 Å². The SMILES string of the molecule is CC1CCN(c2nc3ccc(C(=O)NC4CCCCC4)cc3s2)CC1. The minimum Gasteiger partial charge on any atom is -0.349 e. The number of thiazole rings is 1. The molecule has 1 saturated carbocycles. The first-order valence-corrected chi connectivity index (χ1v) is 10.5. The topological polar surface area (TPSA) is 45.2 Å². The second kappa shape index (κ2) is 7.32. The summed E-state index contributed by atoms with van der Waals surface area (Å²) < 4.78 is 1.12. The lowest BCUT2D eigenvalue weighted by Gasteiger charge is -2.29. The molecule has 25 heavy (non-hydrogen) atoms. The number of hydrogen-bond acceptors (Lipinski definition) is 4. The van der Waals surface area contributed by atoms with Crippen molar-refractivity contribution in [3.63, 3.8) is 0 Å². The van der Waals surface area contributed by atoms with E-state index >= 15 is 0 Å². The van der Waals surface area contributed by atoms with Crippen molar-refractivity contribution < 1.29 is 4.79 Å². The van der Waals surface area contributed by atoms with Crippen LogP contribution in [0.25, 0.3) is 10.2 Å². The van der Waals surface area contributed by atoms with Gasteiger partial charge in [-0.2, -0.15) is 0 Å². The molecule has 1 aromatic carbocycles. The van der Waals surface area contributed by atoms with E-state index in [1.165, 1.54) is 32.1 Å². The molecule has 1 N–H and O–H groups in total. The summed E-state index contributed by atoms with van der Waals surface area (Å²) in [6, 6.07) is 6.28. The summed E-state index contributed by atoms with van der Waals surface area (Å²) >= 11 is 1.72. The monoisotopic (exact) mass is 357 g/mol. The summed E-state index contributed by atoms with van der Waals surface area (Å²) in [6.45, 7) is 4.51. The summed E-state index contributed by atoms with van der Waals surface area (Å²) in [6.07, 6.45) is 8.48. The van der Waals surface area contributed by atoms with Gasteiger partial charge in [0.05, 0.1) is 10.2 Å². The van der Waals surface area contributed by atoms with E-state index in [9.17, 15) is 4.79 Å².